The number of methoxy groups -OCH3 is 2. The molecule has 0 saturated carbocycles. The number of ether oxygens (including phenoxy) is 2. The second-order valence-corrected chi connectivity index (χ2v) is 2.58. The van der Waals surface area contributed by atoms with Crippen LogP contribution in [0.3, 0.4) is 0 Å². The maximum atomic E-state index is 11.1. The molecular formula is C11H22NiO4. The van der Waals surface area contributed by atoms with Crippen molar-refractivity contribution in [2.24, 2.45) is 0 Å². The van der Waals surface area contributed by atoms with Gasteiger partial charge in [-0.25, -0.2) is 4.79 Å². The van der Waals surface area contributed by atoms with Gasteiger partial charge in [0.25, 0.3) is 5.95 Å². The molecule has 0 unspecified atom stereocenters. The fourth-order valence-electron chi connectivity index (χ4n) is 0.896. The van der Waals surface area contributed by atoms with Crippen molar-refractivity contribution in [3.05, 3.63) is 26.4 Å². The summed E-state index contributed by atoms with van der Waals surface area (Å²) in [5.41, 5.74) is 0.201. The quantitative estimate of drug-likeness (QED) is 0.276. The second kappa shape index (κ2) is 14.3. The zero-order valence-electron chi connectivity index (χ0n) is 10.6. The summed E-state index contributed by atoms with van der Waals surface area (Å²) in [4.78, 5) is 11.1. The van der Waals surface area contributed by atoms with Crippen molar-refractivity contribution in [3.8, 4) is 0 Å². The van der Waals surface area contributed by atoms with E-state index in [-0.39, 0.29) is 42.9 Å². The molecule has 0 aromatic rings. The topological polar surface area (TPSA) is 55.8 Å². The Morgan fingerprint density at radius 1 is 1.19 bits per heavy atom. The van der Waals surface area contributed by atoms with Crippen LogP contribution in [0.2, 0.25) is 0 Å². The van der Waals surface area contributed by atoms with E-state index in [1.165, 1.54) is 14.2 Å². The van der Waals surface area contributed by atoms with Crippen molar-refractivity contribution in [2.45, 2.75) is 26.2 Å². The third-order valence-corrected chi connectivity index (χ3v) is 1.66. The molecule has 16 heavy (non-hydrogen) atoms. The van der Waals surface area contributed by atoms with Crippen molar-refractivity contribution in [1.29, 1.82) is 0 Å². The average Bonchev–Trinajstić information content (AvgIpc) is 2.17. The maximum Gasteiger partial charge on any atom is 2.00 e. The SMILES string of the molecule is CCCC/C(C(=O)OC)=C(\O)OC.[CH3-].[CH3-].[Ni+2]. The minimum absolute atomic E-state index is 0. The van der Waals surface area contributed by atoms with Crippen molar-refractivity contribution < 1.29 is 35.9 Å². The van der Waals surface area contributed by atoms with E-state index < -0.39 is 5.97 Å². The summed E-state index contributed by atoms with van der Waals surface area (Å²) >= 11 is 0. The Hall–Kier alpha value is -0.696. The van der Waals surface area contributed by atoms with Gasteiger partial charge >= 0.3 is 22.5 Å². The molecule has 0 amide bonds. The number of carbonyl (C=O) groups excluding carboxylic acids is 1. The van der Waals surface area contributed by atoms with Crippen LogP contribution in [0, 0.1) is 14.9 Å². The van der Waals surface area contributed by atoms with Crippen LogP contribution in [-0.4, -0.2) is 25.3 Å². The van der Waals surface area contributed by atoms with E-state index in [1.807, 2.05) is 6.92 Å². The standard InChI is InChI=1S/C9H16O4.2CH3.Ni/c1-4-5-6-7(8(10)12-2)9(11)13-3;;;/h10H,4-6H2,1-3H3;2*1H3;/q;2*-1;+2/b8-7-;;;. The molecule has 0 radical (unpaired) electrons. The molecule has 0 aliphatic heterocycles. The van der Waals surface area contributed by atoms with Crippen molar-refractivity contribution in [3.63, 3.8) is 0 Å². The van der Waals surface area contributed by atoms with Crippen LogP contribution in [0.4, 0.5) is 0 Å². The van der Waals surface area contributed by atoms with Crippen LogP contribution in [0.1, 0.15) is 26.2 Å². The Morgan fingerprint density at radius 3 is 2.00 bits per heavy atom. The first-order valence-electron chi connectivity index (χ1n) is 4.21. The van der Waals surface area contributed by atoms with Crippen LogP contribution >= 0.6 is 0 Å². The molecule has 0 bridgehead atoms. The Bertz CT molecular complexity index is 202. The van der Waals surface area contributed by atoms with E-state index in [1.54, 1.807) is 0 Å². The minimum atomic E-state index is -0.534. The van der Waals surface area contributed by atoms with Gasteiger partial charge in [0.2, 0.25) is 0 Å². The van der Waals surface area contributed by atoms with Gasteiger partial charge in [-0.2, -0.15) is 0 Å². The van der Waals surface area contributed by atoms with E-state index >= 15 is 0 Å². The number of carbonyl (C=O) groups is 1. The first kappa shape index (κ1) is 24.5. The molecule has 0 heterocycles. The largest absolute Gasteiger partial charge is 2.00 e. The predicted octanol–water partition coefficient (Wildman–Crippen LogP) is 2.66. The van der Waals surface area contributed by atoms with Gasteiger partial charge in [-0.1, -0.05) is 13.3 Å². The third-order valence-electron chi connectivity index (χ3n) is 1.66. The summed E-state index contributed by atoms with van der Waals surface area (Å²) < 4.78 is 9.06. The van der Waals surface area contributed by atoms with Crippen LogP contribution in [-0.2, 0) is 30.8 Å². The molecule has 100 valence electrons. The molecule has 1 N–H and O–H groups in total. The van der Waals surface area contributed by atoms with Gasteiger partial charge in [0.1, 0.15) is 5.57 Å². The van der Waals surface area contributed by atoms with E-state index in [0.717, 1.165) is 12.8 Å². The maximum absolute atomic E-state index is 11.1. The fraction of sp³-hybridized carbons (Fsp3) is 0.545. The fourth-order valence-corrected chi connectivity index (χ4v) is 0.896. The minimum Gasteiger partial charge on any atom is -0.481 e. The summed E-state index contributed by atoms with van der Waals surface area (Å²) in [6.45, 7) is 2.00. The predicted molar refractivity (Wildman–Crippen MR) is 61.0 cm³/mol. The normalized spacial score (nSPS) is 9.69. The van der Waals surface area contributed by atoms with E-state index in [2.05, 4.69) is 9.47 Å². The summed E-state index contributed by atoms with van der Waals surface area (Å²) in [7, 11) is 2.58. The van der Waals surface area contributed by atoms with Gasteiger partial charge in [0.15, 0.2) is 0 Å². The molecule has 0 aliphatic rings. The van der Waals surface area contributed by atoms with Crippen LogP contribution < -0.4 is 0 Å². The van der Waals surface area contributed by atoms with Gasteiger partial charge in [0.05, 0.1) is 14.2 Å². The van der Waals surface area contributed by atoms with Crippen molar-refractivity contribution in [2.75, 3.05) is 14.2 Å². The molecule has 0 fully saturated rings. The van der Waals surface area contributed by atoms with Gasteiger partial charge in [-0.05, 0) is 12.8 Å². The number of aliphatic hydroxyl groups is 1. The zero-order chi connectivity index (χ0) is 10.3. The first-order chi connectivity index (χ1) is 6.17. The molecule has 0 spiro atoms. The third kappa shape index (κ3) is 8.60. The number of aliphatic hydroxyl groups excluding tert-OH is 1. The molecule has 0 aromatic carbocycles. The van der Waals surface area contributed by atoms with Crippen molar-refractivity contribution >= 4 is 5.97 Å². The van der Waals surface area contributed by atoms with Gasteiger partial charge in [0, 0.05) is 0 Å². The zero-order valence-corrected chi connectivity index (χ0v) is 11.6. The van der Waals surface area contributed by atoms with Crippen molar-refractivity contribution in [1.82, 2.24) is 0 Å². The number of unbranched alkanes of at least 4 members (excludes halogenated alkanes) is 1. The molecule has 0 atom stereocenters. The van der Waals surface area contributed by atoms with Crippen LogP contribution in [0.25, 0.3) is 0 Å². The number of rotatable bonds is 5. The van der Waals surface area contributed by atoms with Crippen LogP contribution in [0.5, 0.6) is 0 Å². The van der Waals surface area contributed by atoms with E-state index in [0.29, 0.717) is 6.42 Å². The second-order valence-electron chi connectivity index (χ2n) is 2.58. The Balaban J connectivity index is -0.000000240. The Kier molecular flexibility index (Phi) is 21.9. The molecule has 5 heteroatoms. The van der Waals surface area contributed by atoms with Gasteiger partial charge < -0.3 is 29.4 Å². The number of hydrogen-bond acceptors (Lipinski definition) is 4. The molecule has 0 rings (SSSR count). The molecule has 0 saturated heterocycles. The van der Waals surface area contributed by atoms with E-state index in [4.69, 9.17) is 0 Å². The average molecular weight is 277 g/mol. The molecule has 4 nitrogen and oxygen atoms in total. The summed E-state index contributed by atoms with van der Waals surface area (Å²) in [5, 5.41) is 9.20. The Morgan fingerprint density at radius 2 is 1.69 bits per heavy atom. The van der Waals surface area contributed by atoms with Crippen LogP contribution in [0.15, 0.2) is 11.5 Å². The summed E-state index contributed by atoms with van der Waals surface area (Å²) in [5.74, 6) is -0.881. The monoisotopic (exact) mass is 276 g/mol. The van der Waals surface area contributed by atoms with Gasteiger partial charge in [-0.15, -0.1) is 0 Å². The summed E-state index contributed by atoms with van der Waals surface area (Å²) in [6, 6.07) is 0. The number of esters is 1. The first-order valence-corrected chi connectivity index (χ1v) is 4.21. The summed E-state index contributed by atoms with van der Waals surface area (Å²) in [6.07, 6.45) is 2.23. The van der Waals surface area contributed by atoms with Gasteiger partial charge in [-0.3, -0.25) is 0 Å². The van der Waals surface area contributed by atoms with E-state index in [9.17, 15) is 9.90 Å². The Labute approximate surface area is 109 Å². The molecule has 0 aliphatic carbocycles. The molecular weight excluding hydrogens is 255 g/mol. The smallest absolute Gasteiger partial charge is 0.481 e. The molecule has 0 aromatic heterocycles. The number of hydrogen-bond donors (Lipinski definition) is 1.